The number of carbonyl (C=O) groups excluding carboxylic acids is 3. The maximum Gasteiger partial charge on any atom is 0.314 e. The Morgan fingerprint density at radius 1 is 0.786 bits per heavy atom. The molecule has 0 saturated heterocycles. The number of rotatable bonds is 5. The van der Waals surface area contributed by atoms with Gasteiger partial charge in [-0.2, -0.15) is 0 Å². The van der Waals surface area contributed by atoms with E-state index in [2.05, 4.69) is 15.6 Å². The quantitative estimate of drug-likeness (QED) is 0.524. The largest absolute Gasteiger partial charge is 0.457 e. The lowest BCUT2D eigenvalue weighted by atomic mass is 10.1. The number of anilines is 2. The Kier molecular flexibility index (Phi) is 5.76. The molecule has 28 heavy (non-hydrogen) atoms. The molecule has 2 aromatic carbocycles. The number of carbonyl (C=O) groups is 3. The van der Waals surface area contributed by atoms with E-state index in [1.165, 1.54) is 13.0 Å². The Hall–Kier alpha value is -4.00. The number of ketones is 1. The van der Waals surface area contributed by atoms with Gasteiger partial charge in [0, 0.05) is 29.3 Å². The fourth-order valence-electron chi connectivity index (χ4n) is 2.34. The second-order valence-corrected chi connectivity index (χ2v) is 5.85. The molecule has 0 radical (unpaired) electrons. The normalized spacial score (nSPS) is 10.0. The minimum absolute atomic E-state index is 0.130. The lowest BCUT2D eigenvalue weighted by molar-refractivity contribution is -0.132. The highest BCUT2D eigenvalue weighted by molar-refractivity contribution is 6.43. The first kappa shape index (κ1) is 18.8. The van der Waals surface area contributed by atoms with E-state index in [4.69, 9.17) is 4.74 Å². The van der Waals surface area contributed by atoms with Gasteiger partial charge in [-0.3, -0.25) is 19.4 Å². The average Bonchev–Trinajstić information content (AvgIpc) is 2.70. The highest BCUT2D eigenvalue weighted by atomic mass is 16.5. The van der Waals surface area contributed by atoms with Crippen LogP contribution in [-0.4, -0.2) is 22.6 Å². The zero-order chi connectivity index (χ0) is 19.9. The third-order valence-electron chi connectivity index (χ3n) is 3.73. The molecule has 0 spiro atoms. The molecule has 0 fully saturated rings. The number of aromatic nitrogens is 1. The number of pyridine rings is 1. The maximum absolute atomic E-state index is 12.1. The van der Waals surface area contributed by atoms with Crippen molar-refractivity contribution in [3.8, 4) is 11.5 Å². The molecule has 2 N–H and O–H groups in total. The first-order valence-electron chi connectivity index (χ1n) is 8.42. The maximum atomic E-state index is 12.1. The number of nitrogens with zero attached hydrogens (tertiary/aromatic N) is 1. The van der Waals surface area contributed by atoms with Crippen molar-refractivity contribution in [1.82, 2.24) is 4.98 Å². The number of hydrogen-bond acceptors (Lipinski definition) is 5. The summed E-state index contributed by atoms with van der Waals surface area (Å²) in [7, 11) is 0. The van der Waals surface area contributed by atoms with E-state index in [1.807, 2.05) is 0 Å². The smallest absolute Gasteiger partial charge is 0.314 e. The summed E-state index contributed by atoms with van der Waals surface area (Å²) in [6.45, 7) is 1.43. The monoisotopic (exact) mass is 375 g/mol. The molecule has 0 aliphatic rings. The molecule has 140 valence electrons. The van der Waals surface area contributed by atoms with E-state index in [0.717, 1.165) is 0 Å². The number of nitrogens with one attached hydrogen (secondary N) is 2. The zero-order valence-electron chi connectivity index (χ0n) is 15.0. The summed E-state index contributed by atoms with van der Waals surface area (Å²) in [5.74, 6) is -0.572. The van der Waals surface area contributed by atoms with Crippen LogP contribution in [0.25, 0.3) is 0 Å². The van der Waals surface area contributed by atoms with Gasteiger partial charge in [-0.25, -0.2) is 0 Å². The third kappa shape index (κ3) is 5.01. The molecule has 0 aliphatic carbocycles. The summed E-state index contributed by atoms with van der Waals surface area (Å²) in [5, 5.41) is 4.97. The van der Waals surface area contributed by atoms with Crippen LogP contribution in [0.15, 0.2) is 73.1 Å². The van der Waals surface area contributed by atoms with E-state index < -0.39 is 11.8 Å². The highest BCUT2D eigenvalue weighted by Crippen LogP contribution is 2.22. The van der Waals surface area contributed by atoms with Gasteiger partial charge in [-0.05, 0) is 55.5 Å². The SMILES string of the molecule is CC(=O)c1cccc(NC(=O)C(=O)Nc2ccc(Oc3ccncc3)cc2)c1. The van der Waals surface area contributed by atoms with Crippen LogP contribution in [0.1, 0.15) is 17.3 Å². The third-order valence-corrected chi connectivity index (χ3v) is 3.73. The number of Topliss-reactive ketones (excluding diaryl/α,β-unsaturated/α-hetero) is 1. The van der Waals surface area contributed by atoms with Gasteiger partial charge < -0.3 is 15.4 Å². The number of benzene rings is 2. The van der Waals surface area contributed by atoms with E-state index in [-0.39, 0.29) is 5.78 Å². The van der Waals surface area contributed by atoms with E-state index >= 15 is 0 Å². The molecule has 3 rings (SSSR count). The fourth-order valence-corrected chi connectivity index (χ4v) is 2.34. The molecule has 0 bridgehead atoms. The van der Waals surface area contributed by atoms with Crippen LogP contribution in [-0.2, 0) is 9.59 Å². The lowest BCUT2D eigenvalue weighted by Gasteiger charge is -2.09. The second-order valence-electron chi connectivity index (χ2n) is 5.85. The first-order valence-corrected chi connectivity index (χ1v) is 8.42. The Morgan fingerprint density at radius 3 is 2.04 bits per heavy atom. The van der Waals surface area contributed by atoms with Crippen LogP contribution in [0.5, 0.6) is 11.5 Å². The molecular formula is C21H17N3O4. The molecule has 0 saturated carbocycles. The lowest BCUT2D eigenvalue weighted by Crippen LogP contribution is -2.29. The van der Waals surface area contributed by atoms with Gasteiger partial charge in [0.2, 0.25) is 0 Å². The molecule has 0 atom stereocenters. The van der Waals surface area contributed by atoms with Crippen molar-refractivity contribution in [2.75, 3.05) is 10.6 Å². The van der Waals surface area contributed by atoms with Gasteiger partial charge >= 0.3 is 11.8 Å². The van der Waals surface area contributed by atoms with Gasteiger partial charge in [0.05, 0.1) is 0 Å². The predicted molar refractivity (Wildman–Crippen MR) is 104 cm³/mol. The van der Waals surface area contributed by atoms with Crippen LogP contribution in [0.3, 0.4) is 0 Å². The Labute approximate surface area is 161 Å². The fraction of sp³-hybridized carbons (Fsp3) is 0.0476. The van der Waals surface area contributed by atoms with Crippen LogP contribution in [0.2, 0.25) is 0 Å². The second kappa shape index (κ2) is 8.59. The summed E-state index contributed by atoms with van der Waals surface area (Å²) >= 11 is 0. The summed E-state index contributed by atoms with van der Waals surface area (Å²) in [4.78, 5) is 39.5. The number of amides is 2. The molecule has 1 aromatic heterocycles. The van der Waals surface area contributed by atoms with Crippen LogP contribution in [0, 0.1) is 0 Å². The molecule has 0 aliphatic heterocycles. The molecule has 1 heterocycles. The summed E-state index contributed by atoms with van der Waals surface area (Å²) in [5.41, 5.74) is 1.26. The van der Waals surface area contributed by atoms with Crippen molar-refractivity contribution in [2.24, 2.45) is 0 Å². The highest BCUT2D eigenvalue weighted by Gasteiger charge is 2.14. The minimum atomic E-state index is -0.835. The molecular weight excluding hydrogens is 358 g/mol. The van der Waals surface area contributed by atoms with Crippen molar-refractivity contribution in [2.45, 2.75) is 6.92 Å². The van der Waals surface area contributed by atoms with Crippen molar-refractivity contribution >= 4 is 29.0 Å². The molecule has 7 heteroatoms. The standard InChI is InChI=1S/C21H17N3O4/c1-14(25)15-3-2-4-17(13-15)24-21(27)20(26)23-16-5-7-18(8-6-16)28-19-9-11-22-12-10-19/h2-13H,1H3,(H,23,26)(H,24,27). The Bertz CT molecular complexity index is 1000. The zero-order valence-corrected chi connectivity index (χ0v) is 15.0. The van der Waals surface area contributed by atoms with Crippen LogP contribution in [0.4, 0.5) is 11.4 Å². The van der Waals surface area contributed by atoms with Crippen LogP contribution < -0.4 is 15.4 Å². The summed E-state index contributed by atoms with van der Waals surface area (Å²) in [6, 6.07) is 16.4. The topological polar surface area (TPSA) is 97.4 Å². The van der Waals surface area contributed by atoms with Gasteiger partial charge in [-0.1, -0.05) is 12.1 Å². The van der Waals surface area contributed by atoms with Gasteiger partial charge in [0.25, 0.3) is 0 Å². The van der Waals surface area contributed by atoms with E-state index in [0.29, 0.717) is 28.4 Å². The Balaban J connectivity index is 1.58. The molecule has 7 nitrogen and oxygen atoms in total. The number of hydrogen-bond donors (Lipinski definition) is 2. The Morgan fingerprint density at radius 2 is 1.39 bits per heavy atom. The van der Waals surface area contributed by atoms with Gasteiger partial charge in [-0.15, -0.1) is 0 Å². The van der Waals surface area contributed by atoms with E-state index in [9.17, 15) is 14.4 Å². The van der Waals surface area contributed by atoms with Gasteiger partial charge in [0.15, 0.2) is 5.78 Å². The van der Waals surface area contributed by atoms with Crippen molar-refractivity contribution in [1.29, 1.82) is 0 Å². The summed E-state index contributed by atoms with van der Waals surface area (Å²) in [6.07, 6.45) is 3.24. The van der Waals surface area contributed by atoms with Gasteiger partial charge in [0.1, 0.15) is 11.5 Å². The van der Waals surface area contributed by atoms with Crippen molar-refractivity contribution in [3.63, 3.8) is 0 Å². The number of ether oxygens (including phenoxy) is 1. The minimum Gasteiger partial charge on any atom is -0.457 e. The van der Waals surface area contributed by atoms with Crippen molar-refractivity contribution < 1.29 is 19.1 Å². The summed E-state index contributed by atoms with van der Waals surface area (Å²) < 4.78 is 5.64. The average molecular weight is 375 g/mol. The van der Waals surface area contributed by atoms with Crippen molar-refractivity contribution in [3.05, 3.63) is 78.6 Å². The predicted octanol–water partition coefficient (Wildman–Crippen LogP) is 3.65. The van der Waals surface area contributed by atoms with Crippen LogP contribution >= 0.6 is 0 Å². The molecule has 0 unspecified atom stereocenters. The first-order chi connectivity index (χ1) is 13.5. The molecule has 2 amide bonds. The molecule has 3 aromatic rings. The van der Waals surface area contributed by atoms with E-state index in [1.54, 1.807) is 67.0 Å².